The average Bonchev–Trinajstić information content (AvgIpc) is 2.99. The second kappa shape index (κ2) is 5.39. The van der Waals surface area contributed by atoms with Crippen LogP contribution in [0.15, 0.2) is 36.4 Å². The summed E-state index contributed by atoms with van der Waals surface area (Å²) in [5, 5.41) is 4.83. The molecule has 1 N–H and O–H groups in total. The number of hydrogen-bond donors (Lipinski definition) is 1. The van der Waals surface area contributed by atoms with Crippen molar-refractivity contribution in [3.63, 3.8) is 0 Å². The van der Waals surface area contributed by atoms with Crippen LogP contribution in [0.3, 0.4) is 0 Å². The molecule has 1 aliphatic carbocycles. The third kappa shape index (κ3) is 2.45. The van der Waals surface area contributed by atoms with Gasteiger partial charge in [0.05, 0.1) is 11.2 Å². The van der Waals surface area contributed by atoms with Gasteiger partial charge < -0.3 is 5.32 Å². The number of aromatic nitrogens is 1. The molecule has 1 saturated heterocycles. The summed E-state index contributed by atoms with van der Waals surface area (Å²) in [6.07, 6.45) is 5.44. The monoisotopic (exact) mass is 281 g/mol. The van der Waals surface area contributed by atoms with E-state index in [0.29, 0.717) is 5.54 Å². The van der Waals surface area contributed by atoms with E-state index in [9.17, 15) is 0 Å². The van der Waals surface area contributed by atoms with Gasteiger partial charge in [0.2, 0.25) is 0 Å². The van der Waals surface area contributed by atoms with Crippen LogP contribution in [-0.4, -0.2) is 35.1 Å². The molecule has 0 atom stereocenters. The Morgan fingerprint density at radius 2 is 1.95 bits per heavy atom. The van der Waals surface area contributed by atoms with E-state index in [1.807, 2.05) is 0 Å². The fraction of sp³-hybridized carbons (Fsp3) is 0.500. The minimum absolute atomic E-state index is 0.394. The molecule has 110 valence electrons. The molecule has 1 aromatic heterocycles. The summed E-state index contributed by atoms with van der Waals surface area (Å²) in [5.74, 6) is 0. The van der Waals surface area contributed by atoms with E-state index < -0.39 is 0 Å². The maximum atomic E-state index is 4.86. The number of nitrogens with zero attached hydrogens (tertiary/aromatic N) is 2. The Kier molecular flexibility index (Phi) is 3.40. The second-order valence-electron chi connectivity index (χ2n) is 6.53. The molecule has 2 aromatic rings. The van der Waals surface area contributed by atoms with Crippen LogP contribution in [0.2, 0.25) is 0 Å². The highest BCUT2D eigenvalue weighted by Gasteiger charge is 2.40. The number of para-hydroxylation sites is 1. The first-order chi connectivity index (χ1) is 10.4. The Morgan fingerprint density at radius 3 is 2.86 bits per heavy atom. The lowest BCUT2D eigenvalue weighted by Crippen LogP contribution is -2.59. The van der Waals surface area contributed by atoms with Gasteiger partial charge in [0.1, 0.15) is 0 Å². The molecule has 1 aromatic carbocycles. The maximum absolute atomic E-state index is 4.86. The molecule has 1 aliphatic heterocycles. The lowest BCUT2D eigenvalue weighted by molar-refractivity contribution is 0.0562. The van der Waals surface area contributed by atoms with Crippen LogP contribution in [0.1, 0.15) is 31.4 Å². The topological polar surface area (TPSA) is 28.2 Å². The molecule has 3 nitrogen and oxygen atoms in total. The third-order valence-corrected chi connectivity index (χ3v) is 5.23. The number of benzene rings is 1. The third-order valence-electron chi connectivity index (χ3n) is 5.23. The number of nitrogens with one attached hydrogen (secondary N) is 1. The summed E-state index contributed by atoms with van der Waals surface area (Å²) in [7, 11) is 0. The zero-order valence-electron chi connectivity index (χ0n) is 12.5. The van der Waals surface area contributed by atoms with E-state index in [0.717, 1.165) is 31.7 Å². The predicted octanol–water partition coefficient (Wildman–Crippen LogP) is 2.95. The van der Waals surface area contributed by atoms with Crippen LogP contribution in [-0.2, 0) is 6.54 Å². The van der Waals surface area contributed by atoms with E-state index in [4.69, 9.17) is 4.98 Å². The van der Waals surface area contributed by atoms with Gasteiger partial charge in [-0.2, -0.15) is 0 Å². The van der Waals surface area contributed by atoms with Crippen LogP contribution in [0.25, 0.3) is 10.9 Å². The van der Waals surface area contributed by atoms with E-state index in [-0.39, 0.29) is 0 Å². The van der Waals surface area contributed by atoms with E-state index >= 15 is 0 Å². The Balaban J connectivity index is 1.60. The SMILES string of the molecule is c1ccc2nc(CN3CCNCC34CCCC4)ccc2c1. The van der Waals surface area contributed by atoms with Crippen molar-refractivity contribution in [2.75, 3.05) is 19.6 Å². The number of rotatable bonds is 2. The first-order valence-corrected chi connectivity index (χ1v) is 8.16. The second-order valence-corrected chi connectivity index (χ2v) is 6.53. The first kappa shape index (κ1) is 13.2. The fourth-order valence-electron chi connectivity index (χ4n) is 4.05. The van der Waals surface area contributed by atoms with Gasteiger partial charge in [0, 0.05) is 37.1 Å². The van der Waals surface area contributed by atoms with Crippen molar-refractivity contribution >= 4 is 10.9 Å². The zero-order chi connectivity index (χ0) is 14.1. The highest BCUT2D eigenvalue weighted by molar-refractivity contribution is 5.78. The number of fused-ring (bicyclic) bond motifs is 1. The van der Waals surface area contributed by atoms with Crippen molar-refractivity contribution in [2.24, 2.45) is 0 Å². The summed E-state index contributed by atoms with van der Waals surface area (Å²) in [4.78, 5) is 7.55. The van der Waals surface area contributed by atoms with Crippen LogP contribution in [0.4, 0.5) is 0 Å². The normalized spacial score (nSPS) is 22.1. The van der Waals surface area contributed by atoms with E-state index in [1.54, 1.807) is 0 Å². The van der Waals surface area contributed by atoms with Crippen LogP contribution in [0, 0.1) is 0 Å². The minimum Gasteiger partial charge on any atom is -0.314 e. The van der Waals surface area contributed by atoms with Gasteiger partial charge in [-0.1, -0.05) is 37.1 Å². The zero-order valence-corrected chi connectivity index (χ0v) is 12.5. The summed E-state index contributed by atoms with van der Waals surface area (Å²) in [6.45, 7) is 4.40. The van der Waals surface area contributed by atoms with Gasteiger partial charge in [0.25, 0.3) is 0 Å². The predicted molar refractivity (Wildman–Crippen MR) is 86.2 cm³/mol. The molecular formula is C18H23N3. The Hall–Kier alpha value is -1.45. The number of piperazine rings is 1. The summed E-state index contributed by atoms with van der Waals surface area (Å²) >= 11 is 0. The quantitative estimate of drug-likeness (QED) is 0.917. The Labute approximate surface area is 126 Å². The van der Waals surface area contributed by atoms with Gasteiger partial charge in [-0.05, 0) is 25.0 Å². The number of hydrogen-bond acceptors (Lipinski definition) is 3. The molecule has 4 rings (SSSR count). The lowest BCUT2D eigenvalue weighted by atomic mass is 9.92. The summed E-state index contributed by atoms with van der Waals surface area (Å²) in [5.41, 5.74) is 2.72. The Bertz CT molecular complexity index is 631. The maximum Gasteiger partial charge on any atom is 0.0705 e. The molecular weight excluding hydrogens is 258 g/mol. The van der Waals surface area contributed by atoms with Crippen molar-refractivity contribution in [3.8, 4) is 0 Å². The van der Waals surface area contributed by atoms with Crippen molar-refractivity contribution in [3.05, 3.63) is 42.1 Å². The van der Waals surface area contributed by atoms with Crippen molar-refractivity contribution in [2.45, 2.75) is 37.8 Å². The molecule has 0 amide bonds. The van der Waals surface area contributed by atoms with Crippen molar-refractivity contribution < 1.29 is 0 Å². The smallest absolute Gasteiger partial charge is 0.0705 e. The van der Waals surface area contributed by atoms with Crippen LogP contribution < -0.4 is 5.32 Å². The molecule has 21 heavy (non-hydrogen) atoms. The van der Waals surface area contributed by atoms with Crippen molar-refractivity contribution in [1.29, 1.82) is 0 Å². The van der Waals surface area contributed by atoms with E-state index in [1.165, 1.54) is 36.8 Å². The first-order valence-electron chi connectivity index (χ1n) is 8.16. The average molecular weight is 281 g/mol. The molecule has 1 spiro atoms. The summed E-state index contributed by atoms with van der Waals surface area (Å²) < 4.78 is 0. The molecule has 2 heterocycles. The van der Waals surface area contributed by atoms with Crippen molar-refractivity contribution in [1.82, 2.24) is 15.2 Å². The van der Waals surface area contributed by atoms with Gasteiger partial charge >= 0.3 is 0 Å². The molecule has 0 radical (unpaired) electrons. The molecule has 1 saturated carbocycles. The highest BCUT2D eigenvalue weighted by atomic mass is 15.3. The largest absolute Gasteiger partial charge is 0.314 e. The number of pyridine rings is 1. The molecule has 0 bridgehead atoms. The van der Waals surface area contributed by atoms with Gasteiger partial charge in [-0.15, -0.1) is 0 Å². The minimum atomic E-state index is 0.394. The fourth-order valence-corrected chi connectivity index (χ4v) is 4.05. The summed E-state index contributed by atoms with van der Waals surface area (Å²) in [6, 6.07) is 12.8. The van der Waals surface area contributed by atoms with Crippen LogP contribution in [0.5, 0.6) is 0 Å². The van der Waals surface area contributed by atoms with Gasteiger partial charge in [-0.25, -0.2) is 0 Å². The highest BCUT2D eigenvalue weighted by Crippen LogP contribution is 2.36. The molecule has 3 heteroatoms. The van der Waals surface area contributed by atoms with Crippen LogP contribution >= 0.6 is 0 Å². The van der Waals surface area contributed by atoms with E-state index in [2.05, 4.69) is 46.6 Å². The Morgan fingerprint density at radius 1 is 1.10 bits per heavy atom. The molecule has 2 aliphatic rings. The standard InChI is InChI=1S/C18H23N3/c1-2-6-17-15(5-1)7-8-16(20-17)13-21-12-11-19-14-18(21)9-3-4-10-18/h1-2,5-8,19H,3-4,9-14H2. The molecule has 0 unspecified atom stereocenters. The van der Waals surface area contributed by atoms with Gasteiger partial charge in [-0.3, -0.25) is 9.88 Å². The lowest BCUT2D eigenvalue weighted by Gasteiger charge is -2.45. The molecule has 2 fully saturated rings. The van der Waals surface area contributed by atoms with Gasteiger partial charge in [0.15, 0.2) is 0 Å².